The Labute approximate surface area is 102 Å². The summed E-state index contributed by atoms with van der Waals surface area (Å²) in [5.41, 5.74) is 0.899. The van der Waals surface area contributed by atoms with Crippen LogP contribution in [0.25, 0.3) is 0 Å². The van der Waals surface area contributed by atoms with Crippen LogP contribution in [-0.2, 0) is 6.42 Å². The number of halogens is 2. The monoisotopic (exact) mass is 283 g/mol. The molecule has 0 radical (unpaired) electrons. The molecule has 84 valence electrons. The molecule has 1 aliphatic rings. The first kappa shape index (κ1) is 11.4. The Morgan fingerprint density at radius 3 is 3.12 bits per heavy atom. The molecule has 2 atom stereocenters. The molecule has 16 heavy (non-hydrogen) atoms. The number of ether oxygens (including phenoxy) is 1. The summed E-state index contributed by atoms with van der Waals surface area (Å²) in [6.07, 6.45) is 1.37. The van der Waals surface area contributed by atoms with Crippen molar-refractivity contribution in [1.82, 2.24) is 0 Å². The van der Waals surface area contributed by atoms with Crippen molar-refractivity contribution in [2.75, 3.05) is 5.33 Å². The molecule has 0 aromatic heterocycles. The highest BCUT2D eigenvalue weighted by Gasteiger charge is 2.25. The Morgan fingerprint density at radius 2 is 2.44 bits per heavy atom. The van der Waals surface area contributed by atoms with Gasteiger partial charge in [0, 0.05) is 23.7 Å². The predicted molar refractivity (Wildman–Crippen MR) is 62.0 cm³/mol. The minimum atomic E-state index is -0.236. The lowest BCUT2D eigenvalue weighted by molar-refractivity contribution is 0.210. The first-order valence-corrected chi connectivity index (χ1v) is 6.25. The van der Waals surface area contributed by atoms with Gasteiger partial charge >= 0.3 is 0 Å². The fraction of sp³-hybridized carbons (Fsp3) is 0.417. The zero-order valence-electron chi connectivity index (χ0n) is 8.62. The Bertz CT molecular complexity index is 430. The topological polar surface area (TPSA) is 33.0 Å². The number of rotatable bonds is 3. The average Bonchev–Trinajstić information content (AvgIpc) is 2.67. The van der Waals surface area contributed by atoms with E-state index in [0.29, 0.717) is 18.2 Å². The molecule has 4 heteroatoms. The van der Waals surface area contributed by atoms with E-state index < -0.39 is 0 Å². The molecule has 0 bridgehead atoms. The van der Waals surface area contributed by atoms with Crippen LogP contribution in [0.3, 0.4) is 0 Å². The van der Waals surface area contributed by atoms with Crippen molar-refractivity contribution in [3.05, 3.63) is 29.6 Å². The second kappa shape index (κ2) is 4.84. The summed E-state index contributed by atoms with van der Waals surface area (Å²) in [4.78, 5) is 0. The summed E-state index contributed by atoms with van der Waals surface area (Å²) in [6.45, 7) is 0. The zero-order chi connectivity index (χ0) is 11.5. The van der Waals surface area contributed by atoms with E-state index in [9.17, 15) is 4.39 Å². The van der Waals surface area contributed by atoms with Crippen LogP contribution in [0.15, 0.2) is 18.2 Å². The molecule has 2 nitrogen and oxygen atoms in total. The summed E-state index contributed by atoms with van der Waals surface area (Å²) >= 11 is 3.29. The molecule has 1 aromatic rings. The average molecular weight is 284 g/mol. The largest absolute Gasteiger partial charge is 0.490 e. The molecule has 2 rings (SSSR count). The van der Waals surface area contributed by atoms with Crippen LogP contribution in [0.1, 0.15) is 12.0 Å². The van der Waals surface area contributed by atoms with Crippen molar-refractivity contribution >= 4 is 15.9 Å². The van der Waals surface area contributed by atoms with Crippen LogP contribution in [-0.4, -0.2) is 11.4 Å². The minimum Gasteiger partial charge on any atom is -0.490 e. The van der Waals surface area contributed by atoms with E-state index in [1.807, 2.05) is 0 Å². The molecule has 1 aromatic carbocycles. The number of hydrogen-bond acceptors (Lipinski definition) is 2. The Hall–Kier alpha value is -1.08. The van der Waals surface area contributed by atoms with E-state index in [0.717, 1.165) is 11.3 Å². The van der Waals surface area contributed by atoms with E-state index in [1.165, 1.54) is 12.1 Å². The normalized spacial score (nSPS) is 19.7. The van der Waals surface area contributed by atoms with Crippen molar-refractivity contribution in [2.45, 2.75) is 18.9 Å². The lowest BCUT2D eigenvalue weighted by atomic mass is 10.0. The molecular weight excluding hydrogens is 273 g/mol. The van der Waals surface area contributed by atoms with Gasteiger partial charge in [0.25, 0.3) is 0 Å². The summed E-state index contributed by atoms with van der Waals surface area (Å²) < 4.78 is 18.6. The Morgan fingerprint density at radius 1 is 1.62 bits per heavy atom. The van der Waals surface area contributed by atoms with Gasteiger partial charge in [-0.3, -0.25) is 0 Å². The van der Waals surface area contributed by atoms with Crippen molar-refractivity contribution in [3.8, 4) is 11.8 Å². The molecule has 0 spiro atoms. The standard InChI is InChI=1S/C12H11BrFNO/c13-6-8(7-15)3-11-5-9-4-10(14)1-2-12(9)16-11/h1-2,4,8,11H,3,5-6H2. The second-order valence-corrected chi connectivity index (χ2v) is 4.56. The Balaban J connectivity index is 2.03. The molecule has 0 saturated carbocycles. The van der Waals surface area contributed by atoms with Crippen LogP contribution in [0.2, 0.25) is 0 Å². The van der Waals surface area contributed by atoms with Gasteiger partial charge in [0.15, 0.2) is 0 Å². The number of fused-ring (bicyclic) bond motifs is 1. The van der Waals surface area contributed by atoms with Crippen molar-refractivity contribution in [3.63, 3.8) is 0 Å². The summed E-state index contributed by atoms with van der Waals surface area (Å²) in [5, 5.41) is 9.50. The third-order valence-corrected chi connectivity index (χ3v) is 3.46. The molecule has 0 amide bonds. The maximum absolute atomic E-state index is 13.0. The van der Waals surface area contributed by atoms with Gasteiger partial charge in [0.2, 0.25) is 0 Å². The maximum Gasteiger partial charge on any atom is 0.123 e. The van der Waals surface area contributed by atoms with Crippen LogP contribution in [0.4, 0.5) is 4.39 Å². The van der Waals surface area contributed by atoms with Crippen LogP contribution < -0.4 is 4.74 Å². The van der Waals surface area contributed by atoms with Gasteiger partial charge in [-0.05, 0) is 18.2 Å². The van der Waals surface area contributed by atoms with Crippen LogP contribution in [0.5, 0.6) is 5.75 Å². The fourth-order valence-corrected chi connectivity index (χ4v) is 2.30. The second-order valence-electron chi connectivity index (χ2n) is 3.91. The molecule has 0 N–H and O–H groups in total. The highest BCUT2D eigenvalue weighted by Crippen LogP contribution is 2.31. The number of nitriles is 1. The number of benzene rings is 1. The van der Waals surface area contributed by atoms with Crippen LogP contribution >= 0.6 is 15.9 Å². The van der Waals surface area contributed by atoms with E-state index in [-0.39, 0.29) is 17.8 Å². The third kappa shape index (κ3) is 2.35. The predicted octanol–water partition coefficient (Wildman–Crippen LogP) is 3.05. The third-order valence-electron chi connectivity index (χ3n) is 2.68. The quantitative estimate of drug-likeness (QED) is 0.799. The van der Waals surface area contributed by atoms with Gasteiger partial charge in [0.1, 0.15) is 17.7 Å². The first-order chi connectivity index (χ1) is 7.72. The highest BCUT2D eigenvalue weighted by atomic mass is 79.9. The molecule has 2 unspecified atom stereocenters. The van der Waals surface area contributed by atoms with Crippen molar-refractivity contribution in [1.29, 1.82) is 5.26 Å². The summed E-state index contributed by atoms with van der Waals surface area (Å²) in [6, 6.07) is 6.77. The summed E-state index contributed by atoms with van der Waals surface area (Å²) in [7, 11) is 0. The molecule has 1 aliphatic heterocycles. The Kier molecular flexibility index (Phi) is 3.45. The van der Waals surface area contributed by atoms with Gasteiger partial charge in [0.05, 0.1) is 12.0 Å². The molecule has 0 fully saturated rings. The number of hydrogen-bond donors (Lipinski definition) is 0. The van der Waals surface area contributed by atoms with Gasteiger partial charge in [-0.15, -0.1) is 0 Å². The lowest BCUT2D eigenvalue weighted by Crippen LogP contribution is -2.18. The van der Waals surface area contributed by atoms with Crippen molar-refractivity contribution in [2.24, 2.45) is 5.92 Å². The van der Waals surface area contributed by atoms with Crippen molar-refractivity contribution < 1.29 is 9.13 Å². The van der Waals surface area contributed by atoms with Gasteiger partial charge in [-0.2, -0.15) is 5.26 Å². The first-order valence-electron chi connectivity index (χ1n) is 5.13. The zero-order valence-corrected chi connectivity index (χ0v) is 10.2. The highest BCUT2D eigenvalue weighted by molar-refractivity contribution is 9.09. The van der Waals surface area contributed by atoms with E-state index in [1.54, 1.807) is 6.07 Å². The lowest BCUT2D eigenvalue weighted by Gasteiger charge is -2.12. The summed E-state index contributed by atoms with van der Waals surface area (Å²) in [5.74, 6) is 0.460. The number of alkyl halides is 1. The molecular formula is C12H11BrFNO. The van der Waals surface area contributed by atoms with Gasteiger partial charge < -0.3 is 4.74 Å². The molecule has 0 saturated heterocycles. The molecule has 1 heterocycles. The SMILES string of the molecule is N#CC(CBr)CC1Cc2cc(F)ccc2O1. The molecule has 0 aliphatic carbocycles. The minimum absolute atomic E-state index is 0.000926. The van der Waals surface area contributed by atoms with E-state index in [2.05, 4.69) is 22.0 Å². The van der Waals surface area contributed by atoms with Crippen LogP contribution in [0, 0.1) is 23.1 Å². The van der Waals surface area contributed by atoms with Gasteiger partial charge in [-0.25, -0.2) is 4.39 Å². The number of nitrogens with zero attached hydrogens (tertiary/aromatic N) is 1. The fourth-order valence-electron chi connectivity index (χ4n) is 1.89. The van der Waals surface area contributed by atoms with Gasteiger partial charge in [-0.1, -0.05) is 15.9 Å². The smallest absolute Gasteiger partial charge is 0.123 e. The van der Waals surface area contributed by atoms with E-state index >= 15 is 0 Å². The van der Waals surface area contributed by atoms with E-state index in [4.69, 9.17) is 10.00 Å². The maximum atomic E-state index is 13.0.